The monoisotopic (exact) mass is 211 g/mol. The van der Waals surface area contributed by atoms with Crippen molar-refractivity contribution >= 4 is 0 Å². The molecule has 0 aromatic rings. The van der Waals surface area contributed by atoms with E-state index in [1.54, 1.807) is 0 Å². The zero-order valence-electron chi connectivity index (χ0n) is 10.9. The third-order valence-corrected chi connectivity index (χ3v) is 3.52. The van der Waals surface area contributed by atoms with Crippen LogP contribution in [-0.4, -0.2) is 12.6 Å². The topological polar surface area (TPSA) is 12.0 Å². The highest BCUT2D eigenvalue weighted by Gasteiger charge is 2.22. The molecule has 0 spiro atoms. The van der Waals surface area contributed by atoms with E-state index in [4.69, 9.17) is 0 Å². The first-order chi connectivity index (χ1) is 7.14. The summed E-state index contributed by atoms with van der Waals surface area (Å²) in [7, 11) is 0. The highest BCUT2D eigenvalue weighted by atomic mass is 14.9. The van der Waals surface area contributed by atoms with Gasteiger partial charge in [-0.3, -0.25) is 0 Å². The Bertz CT molecular complexity index is 159. The summed E-state index contributed by atoms with van der Waals surface area (Å²) in [6.07, 6.45) is 11.2. The predicted octanol–water partition coefficient (Wildman–Crippen LogP) is 4.13. The van der Waals surface area contributed by atoms with E-state index < -0.39 is 0 Å². The number of nitrogens with one attached hydrogen (secondary N) is 1. The highest BCUT2D eigenvalue weighted by Crippen LogP contribution is 2.28. The molecule has 0 amide bonds. The minimum Gasteiger partial charge on any atom is -0.314 e. The summed E-state index contributed by atoms with van der Waals surface area (Å²) in [5.41, 5.74) is 0.551. The number of hydrogen-bond acceptors (Lipinski definition) is 1. The summed E-state index contributed by atoms with van der Waals surface area (Å²) >= 11 is 0. The van der Waals surface area contributed by atoms with Crippen molar-refractivity contribution in [3.63, 3.8) is 0 Å². The molecular formula is C14H29N. The second-order valence-electron chi connectivity index (χ2n) is 5.95. The van der Waals surface area contributed by atoms with Crippen molar-refractivity contribution in [1.29, 1.82) is 0 Å². The molecule has 90 valence electrons. The molecule has 1 nitrogen and oxygen atoms in total. The maximum absolute atomic E-state index is 3.61. The van der Waals surface area contributed by atoms with Crippen molar-refractivity contribution in [2.24, 2.45) is 5.41 Å². The van der Waals surface area contributed by atoms with Crippen LogP contribution >= 0.6 is 0 Å². The molecule has 1 saturated carbocycles. The predicted molar refractivity (Wildman–Crippen MR) is 68.2 cm³/mol. The number of rotatable bonds is 9. The molecule has 0 saturated heterocycles. The van der Waals surface area contributed by atoms with Gasteiger partial charge in [-0.1, -0.05) is 46.5 Å². The van der Waals surface area contributed by atoms with Gasteiger partial charge in [-0.2, -0.15) is 0 Å². The third-order valence-electron chi connectivity index (χ3n) is 3.52. The summed E-state index contributed by atoms with van der Waals surface area (Å²) < 4.78 is 0. The van der Waals surface area contributed by atoms with Crippen LogP contribution in [0.5, 0.6) is 0 Å². The van der Waals surface area contributed by atoms with Crippen molar-refractivity contribution in [2.45, 2.75) is 78.2 Å². The van der Waals surface area contributed by atoms with E-state index in [2.05, 4.69) is 26.1 Å². The van der Waals surface area contributed by atoms with E-state index in [9.17, 15) is 0 Å². The molecule has 0 aliphatic heterocycles. The minimum absolute atomic E-state index is 0.551. The van der Waals surface area contributed by atoms with Crippen molar-refractivity contribution in [2.75, 3.05) is 6.54 Å². The Hall–Kier alpha value is -0.0400. The van der Waals surface area contributed by atoms with Crippen LogP contribution in [0.25, 0.3) is 0 Å². The summed E-state index contributed by atoms with van der Waals surface area (Å²) in [5, 5.41) is 3.61. The molecule has 0 heterocycles. The molecule has 0 aromatic heterocycles. The van der Waals surface area contributed by atoms with E-state index in [1.165, 1.54) is 57.9 Å². The second-order valence-corrected chi connectivity index (χ2v) is 5.95. The van der Waals surface area contributed by atoms with Gasteiger partial charge in [0.25, 0.3) is 0 Å². The highest BCUT2D eigenvalue weighted by molar-refractivity contribution is 4.81. The minimum atomic E-state index is 0.551. The number of unbranched alkanes of at least 4 members (excludes halogenated alkanes) is 3. The van der Waals surface area contributed by atoms with E-state index in [-0.39, 0.29) is 0 Å². The van der Waals surface area contributed by atoms with Gasteiger partial charge in [-0.05, 0) is 37.6 Å². The largest absolute Gasteiger partial charge is 0.314 e. The Morgan fingerprint density at radius 2 is 1.80 bits per heavy atom. The Labute approximate surface area is 96.0 Å². The van der Waals surface area contributed by atoms with E-state index >= 15 is 0 Å². The summed E-state index contributed by atoms with van der Waals surface area (Å²) in [4.78, 5) is 0. The van der Waals surface area contributed by atoms with Gasteiger partial charge in [0, 0.05) is 6.04 Å². The molecule has 0 atom stereocenters. The summed E-state index contributed by atoms with van der Waals surface area (Å²) in [6, 6.07) is 0.876. The van der Waals surface area contributed by atoms with Gasteiger partial charge < -0.3 is 5.32 Å². The van der Waals surface area contributed by atoms with Gasteiger partial charge in [0.2, 0.25) is 0 Å². The Kier molecular flexibility index (Phi) is 5.66. The van der Waals surface area contributed by atoms with E-state index in [0.717, 1.165) is 6.04 Å². The molecule has 15 heavy (non-hydrogen) atoms. The number of hydrogen-bond donors (Lipinski definition) is 1. The normalized spacial score (nSPS) is 17.0. The van der Waals surface area contributed by atoms with Gasteiger partial charge in [0.15, 0.2) is 0 Å². The van der Waals surface area contributed by atoms with Gasteiger partial charge in [0.1, 0.15) is 0 Å². The lowest BCUT2D eigenvalue weighted by Crippen LogP contribution is -2.23. The quantitative estimate of drug-likeness (QED) is 0.566. The van der Waals surface area contributed by atoms with Gasteiger partial charge >= 0.3 is 0 Å². The summed E-state index contributed by atoms with van der Waals surface area (Å²) in [5.74, 6) is 0. The first kappa shape index (κ1) is 13.0. The van der Waals surface area contributed by atoms with Crippen LogP contribution < -0.4 is 5.32 Å². The third kappa shape index (κ3) is 6.94. The maximum Gasteiger partial charge on any atom is 0.00682 e. The SMILES string of the molecule is CCCCCCC(C)(C)CCNC1CC1. The molecule has 1 rings (SSSR count). The molecule has 0 bridgehead atoms. The molecule has 0 aromatic carbocycles. The van der Waals surface area contributed by atoms with Gasteiger partial charge in [0.05, 0.1) is 0 Å². The maximum atomic E-state index is 3.61. The molecule has 0 unspecified atom stereocenters. The molecule has 1 heteroatoms. The van der Waals surface area contributed by atoms with Crippen molar-refractivity contribution in [3.8, 4) is 0 Å². The molecule has 0 radical (unpaired) electrons. The van der Waals surface area contributed by atoms with Crippen LogP contribution in [0.15, 0.2) is 0 Å². The van der Waals surface area contributed by atoms with Crippen LogP contribution in [0.2, 0.25) is 0 Å². The van der Waals surface area contributed by atoms with Crippen LogP contribution in [0, 0.1) is 5.41 Å². The fraction of sp³-hybridized carbons (Fsp3) is 1.00. The van der Waals surface area contributed by atoms with Crippen LogP contribution in [0.4, 0.5) is 0 Å². The van der Waals surface area contributed by atoms with Crippen molar-refractivity contribution in [1.82, 2.24) is 5.32 Å². The second kappa shape index (κ2) is 6.52. The fourth-order valence-corrected chi connectivity index (χ4v) is 2.06. The average molecular weight is 211 g/mol. The average Bonchev–Trinajstić information content (AvgIpc) is 2.96. The lowest BCUT2D eigenvalue weighted by Gasteiger charge is -2.24. The van der Waals surface area contributed by atoms with Crippen LogP contribution in [-0.2, 0) is 0 Å². The zero-order valence-corrected chi connectivity index (χ0v) is 10.9. The molecule has 1 N–H and O–H groups in total. The summed E-state index contributed by atoms with van der Waals surface area (Å²) in [6.45, 7) is 8.36. The van der Waals surface area contributed by atoms with Crippen molar-refractivity contribution < 1.29 is 0 Å². The van der Waals surface area contributed by atoms with Gasteiger partial charge in [-0.25, -0.2) is 0 Å². The van der Waals surface area contributed by atoms with Crippen molar-refractivity contribution in [3.05, 3.63) is 0 Å². The lowest BCUT2D eigenvalue weighted by molar-refractivity contribution is 0.289. The van der Waals surface area contributed by atoms with Crippen LogP contribution in [0.1, 0.15) is 72.1 Å². The van der Waals surface area contributed by atoms with Crippen LogP contribution in [0.3, 0.4) is 0 Å². The zero-order chi connectivity index (χ0) is 11.1. The van der Waals surface area contributed by atoms with Gasteiger partial charge in [-0.15, -0.1) is 0 Å². The smallest absolute Gasteiger partial charge is 0.00682 e. The molecule has 1 aliphatic carbocycles. The molecule has 1 fully saturated rings. The molecular weight excluding hydrogens is 182 g/mol. The first-order valence-corrected chi connectivity index (χ1v) is 6.87. The Morgan fingerprint density at radius 1 is 1.07 bits per heavy atom. The Balaban J connectivity index is 1.96. The molecule has 1 aliphatic rings. The van der Waals surface area contributed by atoms with E-state index in [0.29, 0.717) is 5.41 Å². The van der Waals surface area contributed by atoms with E-state index in [1.807, 2.05) is 0 Å². The standard InChI is InChI=1S/C14H29N/c1-4-5-6-7-10-14(2,3)11-12-15-13-8-9-13/h13,15H,4-12H2,1-3H3. The lowest BCUT2D eigenvalue weighted by atomic mass is 9.83. The first-order valence-electron chi connectivity index (χ1n) is 6.87. The fourth-order valence-electron chi connectivity index (χ4n) is 2.06. The Morgan fingerprint density at radius 3 is 2.40 bits per heavy atom.